The molecule has 3 N–H and O–H groups in total. The Kier molecular flexibility index (Phi) is 6.34. The second-order valence-electron chi connectivity index (χ2n) is 8.57. The normalized spacial score (nSPS) is 17.9. The molecule has 34 heavy (non-hydrogen) atoms. The predicted molar refractivity (Wildman–Crippen MR) is 127 cm³/mol. The second kappa shape index (κ2) is 9.37. The Morgan fingerprint density at radius 3 is 2.65 bits per heavy atom. The molecule has 1 saturated heterocycles. The fourth-order valence-electron chi connectivity index (χ4n) is 4.59. The second-order valence-corrected chi connectivity index (χ2v) is 8.57. The van der Waals surface area contributed by atoms with Crippen molar-refractivity contribution in [2.24, 2.45) is 12.8 Å². The van der Waals surface area contributed by atoms with Crippen LogP contribution in [0.15, 0.2) is 64.2 Å². The van der Waals surface area contributed by atoms with E-state index in [2.05, 4.69) is 6.07 Å². The van der Waals surface area contributed by atoms with Gasteiger partial charge in [0.25, 0.3) is 5.56 Å². The summed E-state index contributed by atoms with van der Waals surface area (Å²) in [5, 5.41) is 18.9. The zero-order valence-corrected chi connectivity index (χ0v) is 18.7. The Morgan fingerprint density at radius 2 is 1.91 bits per heavy atom. The molecule has 9 heteroatoms. The van der Waals surface area contributed by atoms with E-state index in [1.165, 1.54) is 17.7 Å². The first kappa shape index (κ1) is 23.0. The molecule has 1 aliphatic heterocycles. The van der Waals surface area contributed by atoms with Gasteiger partial charge in [0.15, 0.2) is 0 Å². The van der Waals surface area contributed by atoms with Gasteiger partial charge < -0.3 is 15.7 Å². The minimum Gasteiger partial charge on any atom is -0.478 e. The minimum absolute atomic E-state index is 0.167. The lowest BCUT2D eigenvalue weighted by Gasteiger charge is -2.39. The first-order valence-corrected chi connectivity index (χ1v) is 10.9. The van der Waals surface area contributed by atoms with Crippen molar-refractivity contribution in [2.75, 3.05) is 18.0 Å². The summed E-state index contributed by atoms with van der Waals surface area (Å²) in [6.07, 6.45) is 0.583. The molecule has 9 nitrogen and oxygen atoms in total. The van der Waals surface area contributed by atoms with Gasteiger partial charge in [0.05, 0.1) is 23.7 Å². The summed E-state index contributed by atoms with van der Waals surface area (Å²) in [4.78, 5) is 39.3. The summed E-state index contributed by atoms with van der Waals surface area (Å²) in [6, 6.07) is 17.0. The lowest BCUT2D eigenvalue weighted by atomic mass is 9.85. The van der Waals surface area contributed by atoms with Crippen LogP contribution in [0.2, 0.25) is 0 Å². The van der Waals surface area contributed by atoms with Gasteiger partial charge >= 0.3 is 11.7 Å². The van der Waals surface area contributed by atoms with Crippen LogP contribution in [0.4, 0.5) is 5.82 Å². The Morgan fingerprint density at radius 1 is 1.15 bits per heavy atom. The maximum atomic E-state index is 13.1. The van der Waals surface area contributed by atoms with Crippen molar-refractivity contribution in [3.05, 3.63) is 97.7 Å². The van der Waals surface area contributed by atoms with Crippen molar-refractivity contribution in [2.45, 2.75) is 24.9 Å². The fraction of sp³-hybridized carbons (Fsp3) is 0.280. The first-order chi connectivity index (χ1) is 16.3. The van der Waals surface area contributed by atoms with E-state index in [0.717, 1.165) is 10.1 Å². The molecule has 174 valence electrons. The van der Waals surface area contributed by atoms with E-state index in [1.54, 1.807) is 42.5 Å². The minimum atomic E-state index is -1.01. The zero-order chi connectivity index (χ0) is 24.4. The molecule has 4 rings (SSSR count). The Hall–Kier alpha value is -4.16. The third kappa shape index (κ3) is 4.49. The monoisotopic (exact) mass is 459 g/mol. The van der Waals surface area contributed by atoms with Crippen LogP contribution < -0.4 is 21.9 Å². The van der Waals surface area contributed by atoms with Crippen LogP contribution in [-0.2, 0) is 13.6 Å². The molecule has 2 heterocycles. The number of aromatic carboxylic acids is 1. The van der Waals surface area contributed by atoms with Gasteiger partial charge in [-0.05, 0) is 35.7 Å². The number of anilines is 1. The standard InChI is InChI=1S/C25H25N5O4/c1-28-23(31)11-22(30(25(28)34)13-17-6-4-5-16(9-17)12-26)29-14-18(10-19(27)15-29)20-7-2-3-8-21(20)24(32)33/h2-9,11,18-19H,10,13-15,27H2,1H3,(H,32,33)/t18?,19-/m1/s1. The Bertz CT molecular complexity index is 1400. The van der Waals surface area contributed by atoms with Crippen LogP contribution >= 0.6 is 0 Å². The molecule has 1 unspecified atom stereocenters. The smallest absolute Gasteiger partial charge is 0.335 e. The zero-order valence-electron chi connectivity index (χ0n) is 18.7. The largest absolute Gasteiger partial charge is 0.478 e. The molecule has 0 bridgehead atoms. The number of rotatable bonds is 5. The number of hydrogen-bond donors (Lipinski definition) is 2. The van der Waals surface area contributed by atoms with E-state index >= 15 is 0 Å². The van der Waals surface area contributed by atoms with Crippen molar-refractivity contribution >= 4 is 11.8 Å². The van der Waals surface area contributed by atoms with Crippen molar-refractivity contribution in [3.8, 4) is 6.07 Å². The average Bonchev–Trinajstić information content (AvgIpc) is 2.84. The summed E-state index contributed by atoms with van der Waals surface area (Å²) in [7, 11) is 1.42. The molecule has 0 amide bonds. The van der Waals surface area contributed by atoms with Crippen LogP contribution in [0, 0.1) is 11.3 Å². The van der Waals surface area contributed by atoms with E-state index in [0.29, 0.717) is 36.5 Å². The third-order valence-electron chi connectivity index (χ3n) is 6.21. The fourth-order valence-corrected chi connectivity index (χ4v) is 4.59. The van der Waals surface area contributed by atoms with Crippen molar-refractivity contribution < 1.29 is 9.90 Å². The number of nitriles is 1. The van der Waals surface area contributed by atoms with E-state index in [1.807, 2.05) is 11.0 Å². The summed E-state index contributed by atoms with van der Waals surface area (Å²) in [5.41, 5.74) is 7.56. The Labute approximate surface area is 195 Å². The van der Waals surface area contributed by atoms with Crippen LogP contribution in [0.3, 0.4) is 0 Å². The first-order valence-electron chi connectivity index (χ1n) is 10.9. The van der Waals surface area contributed by atoms with Gasteiger partial charge in [0.1, 0.15) is 5.82 Å². The molecular formula is C25H25N5O4. The summed E-state index contributed by atoms with van der Waals surface area (Å²) >= 11 is 0. The number of carbonyl (C=O) groups is 1. The molecule has 0 spiro atoms. The van der Waals surface area contributed by atoms with Gasteiger partial charge in [-0.1, -0.05) is 30.3 Å². The molecule has 3 aromatic rings. The van der Waals surface area contributed by atoms with E-state index in [9.17, 15) is 24.8 Å². The highest BCUT2D eigenvalue weighted by molar-refractivity contribution is 5.89. The van der Waals surface area contributed by atoms with Gasteiger partial charge in [-0.2, -0.15) is 5.26 Å². The molecule has 2 atom stereocenters. The van der Waals surface area contributed by atoms with Gasteiger partial charge in [-0.15, -0.1) is 0 Å². The number of aromatic nitrogens is 2. The number of benzene rings is 2. The predicted octanol–water partition coefficient (Wildman–Crippen LogP) is 1.49. The molecule has 2 aromatic carbocycles. The number of piperidine rings is 1. The van der Waals surface area contributed by atoms with Crippen molar-refractivity contribution in [1.82, 2.24) is 9.13 Å². The number of carboxylic acid groups (broad SMARTS) is 1. The van der Waals surface area contributed by atoms with Crippen molar-refractivity contribution in [1.29, 1.82) is 5.26 Å². The highest BCUT2D eigenvalue weighted by Gasteiger charge is 2.30. The summed E-state index contributed by atoms with van der Waals surface area (Å²) in [6.45, 7) is 0.985. The lowest BCUT2D eigenvalue weighted by molar-refractivity contribution is 0.0695. The molecule has 0 aliphatic carbocycles. The van der Waals surface area contributed by atoms with Gasteiger partial charge in [0.2, 0.25) is 0 Å². The topological polar surface area (TPSA) is 134 Å². The quantitative estimate of drug-likeness (QED) is 0.590. The van der Waals surface area contributed by atoms with E-state index < -0.39 is 17.2 Å². The molecule has 0 saturated carbocycles. The molecular weight excluding hydrogens is 434 g/mol. The third-order valence-corrected chi connectivity index (χ3v) is 6.21. The average molecular weight is 460 g/mol. The van der Waals surface area contributed by atoms with Crippen LogP contribution in [0.1, 0.15) is 39.4 Å². The lowest BCUT2D eigenvalue weighted by Crippen LogP contribution is -2.50. The summed E-state index contributed by atoms with van der Waals surface area (Å²) < 4.78 is 2.54. The highest BCUT2D eigenvalue weighted by atomic mass is 16.4. The molecule has 1 aliphatic rings. The SMILES string of the molecule is Cn1c(=O)cc(N2CC(c3ccccc3C(=O)O)C[C@@H](N)C2)n(Cc2cccc(C#N)c2)c1=O. The van der Waals surface area contributed by atoms with Crippen LogP contribution in [-0.4, -0.2) is 39.3 Å². The summed E-state index contributed by atoms with van der Waals surface area (Å²) in [5.74, 6) is -0.779. The van der Waals surface area contributed by atoms with Gasteiger partial charge in [-0.25, -0.2) is 9.59 Å². The highest BCUT2D eigenvalue weighted by Crippen LogP contribution is 2.31. The van der Waals surface area contributed by atoms with Crippen molar-refractivity contribution in [3.63, 3.8) is 0 Å². The maximum Gasteiger partial charge on any atom is 0.335 e. The van der Waals surface area contributed by atoms with Crippen LogP contribution in [0.5, 0.6) is 0 Å². The molecule has 1 aromatic heterocycles. The van der Waals surface area contributed by atoms with E-state index in [-0.39, 0.29) is 24.1 Å². The Balaban J connectivity index is 1.77. The number of carboxylic acids is 1. The number of nitrogens with two attached hydrogens (primary N) is 1. The van der Waals surface area contributed by atoms with E-state index in [4.69, 9.17) is 5.73 Å². The maximum absolute atomic E-state index is 13.1. The number of hydrogen-bond acceptors (Lipinski definition) is 6. The van der Waals surface area contributed by atoms with Gasteiger partial charge in [-0.3, -0.25) is 13.9 Å². The van der Waals surface area contributed by atoms with Gasteiger partial charge in [0, 0.05) is 38.2 Å². The molecule has 0 radical (unpaired) electrons. The number of nitrogens with zero attached hydrogens (tertiary/aromatic N) is 4. The van der Waals surface area contributed by atoms with Crippen LogP contribution in [0.25, 0.3) is 0 Å². The molecule has 1 fully saturated rings.